The van der Waals surface area contributed by atoms with Crippen molar-refractivity contribution in [2.45, 2.75) is 46.4 Å². The molecule has 0 radical (unpaired) electrons. The third-order valence-electron chi connectivity index (χ3n) is 3.99. The van der Waals surface area contributed by atoms with Gasteiger partial charge in [0.2, 0.25) is 0 Å². The topological polar surface area (TPSA) is 58.7 Å². The number of ether oxygens (including phenoxy) is 1. The monoisotopic (exact) mass is 294 g/mol. The highest BCUT2D eigenvalue weighted by atomic mass is 16.5. The number of hydrogen-bond acceptors (Lipinski definition) is 4. The van der Waals surface area contributed by atoms with E-state index < -0.39 is 6.10 Å². The van der Waals surface area contributed by atoms with Crippen molar-refractivity contribution < 1.29 is 9.84 Å². The van der Waals surface area contributed by atoms with Gasteiger partial charge in [-0.3, -0.25) is 0 Å². The first-order chi connectivity index (χ1) is 9.74. The summed E-state index contributed by atoms with van der Waals surface area (Å²) < 4.78 is 5.64. The average Bonchev–Trinajstić information content (AvgIpc) is 2.43. The zero-order valence-corrected chi connectivity index (χ0v) is 14.0. The molecule has 0 saturated heterocycles. The molecule has 0 saturated carbocycles. The van der Waals surface area contributed by atoms with Crippen molar-refractivity contribution in [1.29, 1.82) is 0 Å². The molecule has 0 heterocycles. The highest BCUT2D eigenvalue weighted by Crippen LogP contribution is 2.23. The van der Waals surface area contributed by atoms with Gasteiger partial charge >= 0.3 is 0 Å². The molecule has 0 amide bonds. The van der Waals surface area contributed by atoms with Crippen LogP contribution in [-0.4, -0.2) is 42.4 Å². The number of benzene rings is 1. The summed E-state index contributed by atoms with van der Waals surface area (Å²) in [4.78, 5) is 2.17. The summed E-state index contributed by atoms with van der Waals surface area (Å²) in [5.41, 5.74) is 6.82. The zero-order valence-electron chi connectivity index (χ0n) is 14.0. The molecule has 3 N–H and O–H groups in total. The van der Waals surface area contributed by atoms with E-state index in [-0.39, 0.29) is 12.0 Å². The van der Waals surface area contributed by atoms with Crippen molar-refractivity contribution in [2.75, 3.05) is 20.2 Å². The SMILES string of the molecule is CC(N(C)CC(O)COc1cccc(CN)c1)C(C)(C)C. The first kappa shape index (κ1) is 18.0. The van der Waals surface area contributed by atoms with Crippen LogP contribution < -0.4 is 10.5 Å². The molecule has 4 nitrogen and oxygen atoms in total. The molecule has 0 aliphatic rings. The molecule has 1 aromatic rings. The van der Waals surface area contributed by atoms with Crippen LogP contribution in [0.4, 0.5) is 0 Å². The molecular weight excluding hydrogens is 264 g/mol. The Kier molecular flexibility index (Phi) is 6.65. The summed E-state index contributed by atoms with van der Waals surface area (Å²) in [6, 6.07) is 8.05. The summed E-state index contributed by atoms with van der Waals surface area (Å²) in [6.45, 7) is 10.2. The Hall–Kier alpha value is -1.10. The van der Waals surface area contributed by atoms with Gasteiger partial charge in [0, 0.05) is 19.1 Å². The van der Waals surface area contributed by atoms with Gasteiger partial charge in [-0.1, -0.05) is 32.9 Å². The fourth-order valence-electron chi connectivity index (χ4n) is 2.16. The summed E-state index contributed by atoms with van der Waals surface area (Å²) >= 11 is 0. The van der Waals surface area contributed by atoms with Crippen molar-refractivity contribution in [3.8, 4) is 5.75 Å². The summed E-state index contributed by atoms with van der Waals surface area (Å²) in [5, 5.41) is 10.1. The van der Waals surface area contributed by atoms with Crippen LogP contribution in [0.3, 0.4) is 0 Å². The standard InChI is InChI=1S/C17H30N2O2/c1-13(17(2,3)4)19(5)11-15(20)12-21-16-8-6-7-14(9-16)10-18/h6-9,13,15,20H,10-12,18H2,1-5H3. The molecule has 120 valence electrons. The predicted octanol–water partition coefficient (Wildman–Crippen LogP) is 2.25. The number of nitrogens with zero attached hydrogens (tertiary/aromatic N) is 1. The van der Waals surface area contributed by atoms with Crippen molar-refractivity contribution in [1.82, 2.24) is 4.90 Å². The zero-order chi connectivity index (χ0) is 16.0. The van der Waals surface area contributed by atoms with Crippen LogP contribution in [0.5, 0.6) is 5.75 Å². The van der Waals surface area contributed by atoms with Gasteiger partial charge in [-0.25, -0.2) is 0 Å². The fourth-order valence-corrected chi connectivity index (χ4v) is 2.16. The van der Waals surface area contributed by atoms with Gasteiger partial charge in [-0.2, -0.15) is 0 Å². The molecular formula is C17H30N2O2. The molecule has 0 aromatic heterocycles. The lowest BCUT2D eigenvalue weighted by Crippen LogP contribution is -2.44. The molecule has 2 atom stereocenters. The number of aliphatic hydroxyl groups is 1. The highest BCUT2D eigenvalue weighted by Gasteiger charge is 2.25. The maximum Gasteiger partial charge on any atom is 0.119 e. The Labute approximate surface area is 128 Å². The van der Waals surface area contributed by atoms with Crippen molar-refractivity contribution in [2.24, 2.45) is 11.1 Å². The van der Waals surface area contributed by atoms with Crippen LogP contribution in [0.1, 0.15) is 33.3 Å². The number of aliphatic hydroxyl groups excluding tert-OH is 1. The largest absolute Gasteiger partial charge is 0.491 e. The Morgan fingerprint density at radius 1 is 1.33 bits per heavy atom. The quantitative estimate of drug-likeness (QED) is 0.810. The van der Waals surface area contributed by atoms with Crippen LogP contribution in [0, 0.1) is 5.41 Å². The van der Waals surface area contributed by atoms with E-state index in [2.05, 4.69) is 32.6 Å². The molecule has 0 aliphatic carbocycles. The summed E-state index contributed by atoms with van der Waals surface area (Å²) in [6.07, 6.45) is -0.513. The van der Waals surface area contributed by atoms with Crippen molar-refractivity contribution in [3.63, 3.8) is 0 Å². The predicted molar refractivity (Wildman–Crippen MR) is 87.4 cm³/mol. The van der Waals surface area contributed by atoms with Gasteiger partial charge in [-0.05, 0) is 37.1 Å². The maximum atomic E-state index is 10.1. The normalized spacial score (nSPS) is 15.0. The highest BCUT2D eigenvalue weighted by molar-refractivity contribution is 5.28. The molecule has 4 heteroatoms. The van der Waals surface area contributed by atoms with E-state index in [4.69, 9.17) is 10.5 Å². The third-order valence-corrected chi connectivity index (χ3v) is 3.99. The molecule has 0 fully saturated rings. The minimum Gasteiger partial charge on any atom is -0.491 e. The fraction of sp³-hybridized carbons (Fsp3) is 0.647. The van der Waals surface area contributed by atoms with E-state index in [1.807, 2.05) is 31.3 Å². The second kappa shape index (κ2) is 7.78. The summed E-state index contributed by atoms with van der Waals surface area (Å²) in [5.74, 6) is 0.753. The average molecular weight is 294 g/mol. The molecule has 21 heavy (non-hydrogen) atoms. The molecule has 0 spiro atoms. The molecule has 0 aliphatic heterocycles. The third kappa shape index (κ3) is 6.04. The van der Waals surface area contributed by atoms with Crippen LogP contribution in [-0.2, 0) is 6.54 Å². The Bertz CT molecular complexity index is 429. The smallest absolute Gasteiger partial charge is 0.119 e. The molecule has 2 unspecified atom stereocenters. The van der Waals surface area contributed by atoms with Crippen molar-refractivity contribution in [3.05, 3.63) is 29.8 Å². The first-order valence-corrected chi connectivity index (χ1v) is 7.54. The van der Waals surface area contributed by atoms with Gasteiger partial charge in [0.05, 0.1) is 0 Å². The van der Waals surface area contributed by atoms with Gasteiger partial charge in [0.1, 0.15) is 18.5 Å². The maximum absolute atomic E-state index is 10.1. The van der Waals surface area contributed by atoms with Gasteiger partial charge < -0.3 is 20.5 Å². The van der Waals surface area contributed by atoms with Gasteiger partial charge in [0.25, 0.3) is 0 Å². The number of likely N-dealkylation sites (N-methyl/N-ethyl adjacent to an activating group) is 1. The van der Waals surface area contributed by atoms with E-state index >= 15 is 0 Å². The second-order valence-electron chi connectivity index (χ2n) is 6.80. The lowest BCUT2D eigenvalue weighted by Gasteiger charge is -2.36. The molecule has 0 bridgehead atoms. The minimum absolute atomic E-state index is 0.185. The van der Waals surface area contributed by atoms with Crippen LogP contribution in [0.2, 0.25) is 0 Å². The number of hydrogen-bond donors (Lipinski definition) is 2. The van der Waals surface area contributed by atoms with E-state index in [9.17, 15) is 5.11 Å². The van der Waals surface area contributed by atoms with Crippen LogP contribution >= 0.6 is 0 Å². The van der Waals surface area contributed by atoms with Crippen LogP contribution in [0.15, 0.2) is 24.3 Å². The Morgan fingerprint density at radius 2 is 2.00 bits per heavy atom. The number of nitrogens with two attached hydrogens (primary N) is 1. The first-order valence-electron chi connectivity index (χ1n) is 7.54. The van der Waals surface area contributed by atoms with E-state index in [1.54, 1.807) is 0 Å². The Morgan fingerprint density at radius 3 is 2.57 bits per heavy atom. The van der Waals surface area contributed by atoms with E-state index in [0.717, 1.165) is 11.3 Å². The number of rotatable bonds is 7. The minimum atomic E-state index is -0.513. The Balaban J connectivity index is 2.45. The summed E-state index contributed by atoms with van der Waals surface area (Å²) in [7, 11) is 2.04. The molecule has 1 rings (SSSR count). The lowest BCUT2D eigenvalue weighted by molar-refractivity contribution is 0.0442. The van der Waals surface area contributed by atoms with Crippen LogP contribution in [0.25, 0.3) is 0 Å². The van der Waals surface area contributed by atoms with E-state index in [0.29, 0.717) is 19.1 Å². The van der Waals surface area contributed by atoms with E-state index in [1.165, 1.54) is 0 Å². The molecule has 1 aromatic carbocycles. The van der Waals surface area contributed by atoms with Gasteiger partial charge in [0.15, 0.2) is 0 Å². The van der Waals surface area contributed by atoms with Gasteiger partial charge in [-0.15, -0.1) is 0 Å². The van der Waals surface area contributed by atoms with Crippen molar-refractivity contribution >= 4 is 0 Å². The lowest BCUT2D eigenvalue weighted by atomic mass is 9.87. The second-order valence-corrected chi connectivity index (χ2v) is 6.80.